The molecule has 0 unspecified atom stereocenters. The average molecular weight is 602 g/mol. The molecule has 5 rings (SSSR count). The predicted octanol–water partition coefficient (Wildman–Crippen LogP) is 6.10. The van der Waals surface area contributed by atoms with Crippen molar-refractivity contribution in [1.82, 2.24) is 5.32 Å². The van der Waals surface area contributed by atoms with Crippen LogP contribution in [-0.4, -0.2) is 66.6 Å². The molecule has 0 saturated carbocycles. The normalized spacial score (nSPS) is 18.3. The van der Waals surface area contributed by atoms with Crippen molar-refractivity contribution in [1.29, 1.82) is 0 Å². The Hall–Kier alpha value is -3.66. The number of rotatable bonds is 16. The highest BCUT2D eigenvalue weighted by Gasteiger charge is 2.37. The number of hydrogen-bond donors (Lipinski definition) is 1. The van der Waals surface area contributed by atoms with Gasteiger partial charge in [0.2, 0.25) is 0 Å². The molecule has 0 aromatic heterocycles. The van der Waals surface area contributed by atoms with Crippen molar-refractivity contribution < 1.29 is 33.2 Å². The monoisotopic (exact) mass is 601 g/mol. The maximum Gasteiger partial charge on any atom is 0.146 e. The van der Waals surface area contributed by atoms with Crippen LogP contribution in [0.15, 0.2) is 84.9 Å². The van der Waals surface area contributed by atoms with Crippen LogP contribution in [0.4, 0.5) is 0 Å². The Labute approximate surface area is 260 Å². The van der Waals surface area contributed by atoms with Crippen LogP contribution >= 0.6 is 0 Å². The zero-order valence-corrected chi connectivity index (χ0v) is 25.8. The topological polar surface area (TPSA) is 76.6 Å². The molecular formula is C36H43NO7. The molecule has 8 heteroatoms. The van der Waals surface area contributed by atoms with E-state index in [9.17, 15) is 0 Å². The Bertz CT molecular complexity index is 1460. The van der Waals surface area contributed by atoms with E-state index in [1.54, 1.807) is 21.3 Å². The standard InChI is InChI=1S/C36H43NO7/c1-38-25-44-35-22-37-21-34(43-23-26-19-27-11-4-6-13-29(27)33(20-26)40-3)36(35)30-14-7-9-16-32(30)42-18-10-17-41-24-28-12-5-8-15-31(28)39-2/h4-9,11-16,19-20,34-37H,10,17-18,21-25H2,1-3H3/t34-,35-,36+/m0/s1. The van der Waals surface area contributed by atoms with Gasteiger partial charge in [-0.2, -0.15) is 0 Å². The number of fused-ring (bicyclic) bond motifs is 1. The molecule has 1 aliphatic heterocycles. The third-order valence-corrected chi connectivity index (χ3v) is 7.88. The number of hydrogen-bond acceptors (Lipinski definition) is 8. The predicted molar refractivity (Wildman–Crippen MR) is 171 cm³/mol. The minimum absolute atomic E-state index is 0.0632. The second-order valence-corrected chi connectivity index (χ2v) is 10.8. The van der Waals surface area contributed by atoms with Crippen molar-refractivity contribution in [2.45, 2.75) is 37.8 Å². The van der Waals surface area contributed by atoms with Crippen LogP contribution < -0.4 is 19.5 Å². The molecule has 1 aliphatic rings. The zero-order chi connectivity index (χ0) is 30.6. The highest BCUT2D eigenvalue weighted by molar-refractivity contribution is 5.89. The molecule has 4 aromatic carbocycles. The number of methoxy groups -OCH3 is 3. The lowest BCUT2D eigenvalue weighted by Gasteiger charge is -2.39. The van der Waals surface area contributed by atoms with E-state index in [-0.39, 0.29) is 24.9 Å². The van der Waals surface area contributed by atoms with Crippen LogP contribution in [0.25, 0.3) is 10.8 Å². The fraction of sp³-hybridized carbons (Fsp3) is 0.389. The van der Waals surface area contributed by atoms with Crippen LogP contribution in [0.3, 0.4) is 0 Å². The largest absolute Gasteiger partial charge is 0.496 e. The van der Waals surface area contributed by atoms with E-state index in [4.69, 9.17) is 33.2 Å². The Balaban J connectivity index is 1.26. The van der Waals surface area contributed by atoms with Crippen molar-refractivity contribution in [3.05, 3.63) is 102 Å². The quantitative estimate of drug-likeness (QED) is 0.122. The van der Waals surface area contributed by atoms with E-state index in [2.05, 4.69) is 35.6 Å². The molecule has 8 nitrogen and oxygen atoms in total. The molecular weight excluding hydrogens is 558 g/mol. The van der Waals surface area contributed by atoms with Crippen LogP contribution in [0.5, 0.6) is 17.2 Å². The fourth-order valence-corrected chi connectivity index (χ4v) is 5.77. The van der Waals surface area contributed by atoms with E-state index < -0.39 is 0 Å². The molecule has 1 saturated heterocycles. The zero-order valence-electron chi connectivity index (χ0n) is 25.8. The second-order valence-electron chi connectivity index (χ2n) is 10.8. The first-order valence-electron chi connectivity index (χ1n) is 15.1. The Morgan fingerprint density at radius 1 is 0.705 bits per heavy atom. The van der Waals surface area contributed by atoms with Gasteiger partial charge in [0, 0.05) is 49.1 Å². The van der Waals surface area contributed by atoms with E-state index in [1.165, 1.54) is 0 Å². The maximum absolute atomic E-state index is 6.64. The van der Waals surface area contributed by atoms with Gasteiger partial charge in [0.15, 0.2) is 0 Å². The van der Waals surface area contributed by atoms with Gasteiger partial charge in [-0.05, 0) is 35.2 Å². The van der Waals surface area contributed by atoms with Crippen molar-refractivity contribution in [2.75, 3.05) is 54.4 Å². The van der Waals surface area contributed by atoms with Crippen molar-refractivity contribution in [3.63, 3.8) is 0 Å². The average Bonchev–Trinajstić information content (AvgIpc) is 3.07. The Morgan fingerprint density at radius 3 is 2.25 bits per heavy atom. The highest BCUT2D eigenvalue weighted by Crippen LogP contribution is 2.37. The number of para-hydroxylation sites is 2. The number of ether oxygens (including phenoxy) is 7. The summed E-state index contributed by atoms with van der Waals surface area (Å²) in [6, 6.07) is 28.5. The fourth-order valence-electron chi connectivity index (χ4n) is 5.77. The third kappa shape index (κ3) is 8.08. The summed E-state index contributed by atoms with van der Waals surface area (Å²) < 4.78 is 41.5. The van der Waals surface area contributed by atoms with Crippen LogP contribution in [0, 0.1) is 0 Å². The summed E-state index contributed by atoms with van der Waals surface area (Å²) in [6.45, 7) is 3.61. The lowest BCUT2D eigenvalue weighted by Crippen LogP contribution is -2.51. The maximum atomic E-state index is 6.64. The summed E-state index contributed by atoms with van der Waals surface area (Å²) in [5, 5.41) is 5.70. The van der Waals surface area contributed by atoms with Gasteiger partial charge in [-0.1, -0.05) is 60.7 Å². The van der Waals surface area contributed by atoms with E-state index >= 15 is 0 Å². The van der Waals surface area contributed by atoms with Crippen LogP contribution in [-0.2, 0) is 32.2 Å². The minimum Gasteiger partial charge on any atom is -0.496 e. The molecule has 1 fully saturated rings. The summed E-state index contributed by atoms with van der Waals surface area (Å²) in [6.07, 6.45) is 0.439. The first-order chi connectivity index (χ1) is 21.7. The summed E-state index contributed by atoms with van der Waals surface area (Å²) in [5.41, 5.74) is 3.14. The first-order valence-corrected chi connectivity index (χ1v) is 15.1. The Morgan fingerprint density at radius 2 is 1.43 bits per heavy atom. The molecule has 0 bridgehead atoms. The molecule has 234 valence electrons. The van der Waals surface area contributed by atoms with Crippen molar-refractivity contribution in [3.8, 4) is 17.2 Å². The SMILES string of the molecule is COCO[C@H]1CNC[C@H](OCc2cc(OC)c3ccccc3c2)[C@H]1c1ccccc1OCCCOCc1ccccc1OC. The van der Waals surface area contributed by atoms with Gasteiger partial charge in [-0.15, -0.1) is 0 Å². The summed E-state index contributed by atoms with van der Waals surface area (Å²) in [7, 11) is 5.02. The van der Waals surface area contributed by atoms with Crippen LogP contribution in [0.2, 0.25) is 0 Å². The highest BCUT2D eigenvalue weighted by atomic mass is 16.7. The lowest BCUT2D eigenvalue weighted by molar-refractivity contribution is -0.113. The van der Waals surface area contributed by atoms with Gasteiger partial charge in [-0.25, -0.2) is 0 Å². The number of piperidine rings is 1. The first kappa shape index (κ1) is 31.8. The van der Waals surface area contributed by atoms with Gasteiger partial charge in [0.25, 0.3) is 0 Å². The van der Waals surface area contributed by atoms with Crippen molar-refractivity contribution in [2.24, 2.45) is 0 Å². The van der Waals surface area contributed by atoms with Gasteiger partial charge < -0.3 is 38.5 Å². The summed E-state index contributed by atoms with van der Waals surface area (Å²) in [4.78, 5) is 0. The number of benzene rings is 4. The lowest BCUT2D eigenvalue weighted by atomic mass is 9.84. The molecule has 0 aliphatic carbocycles. The smallest absolute Gasteiger partial charge is 0.146 e. The van der Waals surface area contributed by atoms with E-state index in [0.717, 1.165) is 51.1 Å². The molecule has 0 amide bonds. The molecule has 0 radical (unpaired) electrons. The van der Waals surface area contributed by atoms with Crippen LogP contribution in [0.1, 0.15) is 29.0 Å². The third-order valence-electron chi connectivity index (χ3n) is 7.88. The van der Waals surface area contributed by atoms with E-state index in [1.807, 2.05) is 54.6 Å². The summed E-state index contributed by atoms with van der Waals surface area (Å²) in [5.74, 6) is 2.44. The number of nitrogens with one attached hydrogen (secondary N) is 1. The second kappa shape index (κ2) is 16.4. The summed E-state index contributed by atoms with van der Waals surface area (Å²) >= 11 is 0. The van der Waals surface area contributed by atoms with Gasteiger partial charge in [-0.3, -0.25) is 0 Å². The van der Waals surface area contributed by atoms with Gasteiger partial charge >= 0.3 is 0 Å². The van der Waals surface area contributed by atoms with Gasteiger partial charge in [0.05, 0.1) is 52.9 Å². The van der Waals surface area contributed by atoms with E-state index in [0.29, 0.717) is 39.5 Å². The molecule has 1 N–H and O–H groups in total. The molecule has 44 heavy (non-hydrogen) atoms. The van der Waals surface area contributed by atoms with Gasteiger partial charge in [0.1, 0.15) is 24.0 Å². The Kier molecular flexibility index (Phi) is 11.9. The molecule has 4 aromatic rings. The van der Waals surface area contributed by atoms with Crippen molar-refractivity contribution >= 4 is 10.8 Å². The molecule has 0 spiro atoms. The molecule has 1 heterocycles. The molecule has 3 atom stereocenters. The minimum atomic E-state index is -0.159.